The molecule has 4 rings (SSSR count). The van der Waals surface area contributed by atoms with Crippen molar-refractivity contribution in [1.82, 2.24) is 14.2 Å². The van der Waals surface area contributed by atoms with Gasteiger partial charge in [-0.25, -0.2) is 8.42 Å². The highest BCUT2D eigenvalue weighted by Gasteiger charge is 2.50. The van der Waals surface area contributed by atoms with E-state index in [1.54, 1.807) is 43.6 Å². The number of sulfonamides is 1. The number of hydrogen-bond acceptors (Lipinski definition) is 6. The normalized spacial score (nSPS) is 21.8. The van der Waals surface area contributed by atoms with Gasteiger partial charge in [0.1, 0.15) is 5.71 Å². The number of hydrogen-bond donors (Lipinski definition) is 0. The zero-order valence-corrected chi connectivity index (χ0v) is 16.9. The number of oxime groups is 1. The van der Waals surface area contributed by atoms with Crippen LogP contribution in [0.5, 0.6) is 0 Å². The summed E-state index contributed by atoms with van der Waals surface area (Å²) in [4.78, 5) is 24.4. The highest BCUT2D eigenvalue weighted by Crippen LogP contribution is 2.36. The lowest BCUT2D eigenvalue weighted by molar-refractivity contribution is -0.123. The summed E-state index contributed by atoms with van der Waals surface area (Å²) in [5.41, 5.74) is 0.305. The third-order valence-corrected chi connectivity index (χ3v) is 7.08. The van der Waals surface area contributed by atoms with E-state index in [2.05, 4.69) is 10.1 Å². The SMILES string of the molecule is CN(Cc1ccccn1)C(=O)C1=NO[C@]2(CCN(S(=O)(=O)c3ccccc3)C2)C1. The molecule has 3 heterocycles. The number of pyridine rings is 1. The molecule has 1 atom stereocenters. The van der Waals surface area contributed by atoms with Crippen molar-refractivity contribution in [3.05, 3.63) is 60.4 Å². The van der Waals surface area contributed by atoms with Crippen molar-refractivity contribution in [2.75, 3.05) is 20.1 Å². The molecule has 152 valence electrons. The Bertz CT molecular complexity index is 1030. The van der Waals surface area contributed by atoms with Crippen molar-refractivity contribution in [3.63, 3.8) is 0 Å². The Morgan fingerprint density at radius 3 is 2.69 bits per heavy atom. The maximum absolute atomic E-state index is 12.9. The van der Waals surface area contributed by atoms with Gasteiger partial charge in [-0.3, -0.25) is 9.78 Å². The topological polar surface area (TPSA) is 92.2 Å². The van der Waals surface area contributed by atoms with E-state index in [0.29, 0.717) is 31.6 Å². The van der Waals surface area contributed by atoms with Gasteiger partial charge in [0.2, 0.25) is 10.0 Å². The standard InChI is InChI=1S/C20H22N4O4S/c1-23(14-16-7-5-6-11-21-16)19(25)18-13-20(28-22-18)10-12-24(15-20)29(26,27)17-8-3-2-4-9-17/h2-9,11H,10,12-15H2,1H3/t20-/m1/s1. The van der Waals surface area contributed by atoms with Gasteiger partial charge < -0.3 is 9.74 Å². The number of carbonyl (C=O) groups is 1. The Labute approximate surface area is 169 Å². The maximum Gasteiger partial charge on any atom is 0.271 e. The van der Waals surface area contributed by atoms with Gasteiger partial charge in [0.15, 0.2) is 5.60 Å². The predicted molar refractivity (Wildman–Crippen MR) is 106 cm³/mol. The second-order valence-corrected chi connectivity index (χ2v) is 9.31. The first-order chi connectivity index (χ1) is 13.9. The second kappa shape index (κ2) is 7.57. The van der Waals surface area contributed by atoms with Gasteiger partial charge >= 0.3 is 0 Å². The fraction of sp³-hybridized carbons (Fsp3) is 0.350. The summed E-state index contributed by atoms with van der Waals surface area (Å²) in [5.74, 6) is -0.239. The fourth-order valence-electron chi connectivity index (χ4n) is 3.64. The monoisotopic (exact) mass is 414 g/mol. The van der Waals surface area contributed by atoms with Crippen molar-refractivity contribution >= 4 is 21.6 Å². The summed E-state index contributed by atoms with van der Waals surface area (Å²) in [7, 11) is -1.91. The van der Waals surface area contributed by atoms with Gasteiger partial charge in [0, 0.05) is 32.6 Å². The average Bonchev–Trinajstić information content (AvgIpc) is 3.36. The molecule has 0 saturated carbocycles. The molecule has 2 aromatic rings. The number of benzene rings is 1. The Kier molecular flexibility index (Phi) is 5.10. The van der Waals surface area contributed by atoms with Crippen molar-refractivity contribution < 1.29 is 18.0 Å². The third-order valence-electron chi connectivity index (χ3n) is 5.22. The summed E-state index contributed by atoms with van der Waals surface area (Å²) < 4.78 is 27.1. The van der Waals surface area contributed by atoms with E-state index in [-0.39, 0.29) is 17.3 Å². The Morgan fingerprint density at radius 2 is 1.97 bits per heavy atom. The predicted octanol–water partition coefficient (Wildman–Crippen LogP) is 1.65. The highest BCUT2D eigenvalue weighted by atomic mass is 32.2. The largest absolute Gasteiger partial charge is 0.387 e. The molecule has 1 saturated heterocycles. The molecule has 0 N–H and O–H groups in total. The molecule has 1 fully saturated rings. The summed E-state index contributed by atoms with van der Waals surface area (Å²) in [6.07, 6.45) is 2.46. The lowest BCUT2D eigenvalue weighted by Crippen LogP contribution is -2.38. The molecule has 1 amide bonds. The van der Waals surface area contributed by atoms with E-state index in [0.717, 1.165) is 5.69 Å². The van der Waals surface area contributed by atoms with E-state index in [1.165, 1.54) is 9.21 Å². The molecule has 29 heavy (non-hydrogen) atoms. The smallest absolute Gasteiger partial charge is 0.271 e. The number of amides is 1. The van der Waals surface area contributed by atoms with Crippen LogP contribution in [0, 0.1) is 0 Å². The van der Waals surface area contributed by atoms with Crippen molar-refractivity contribution in [2.24, 2.45) is 5.16 Å². The van der Waals surface area contributed by atoms with Crippen molar-refractivity contribution in [1.29, 1.82) is 0 Å². The molecule has 0 bridgehead atoms. The molecule has 0 unspecified atom stereocenters. The molecule has 1 aromatic heterocycles. The van der Waals surface area contributed by atoms with E-state index < -0.39 is 15.6 Å². The maximum atomic E-state index is 12.9. The first kappa shape index (κ1) is 19.5. The second-order valence-electron chi connectivity index (χ2n) is 7.37. The number of aromatic nitrogens is 1. The molecular formula is C20H22N4O4S. The van der Waals surface area contributed by atoms with Crippen LogP contribution in [0.4, 0.5) is 0 Å². The minimum absolute atomic E-state index is 0.175. The molecule has 9 heteroatoms. The van der Waals surface area contributed by atoms with Gasteiger partial charge in [0.25, 0.3) is 5.91 Å². The first-order valence-electron chi connectivity index (χ1n) is 9.35. The van der Waals surface area contributed by atoms with Crippen molar-refractivity contribution in [2.45, 2.75) is 29.9 Å². The van der Waals surface area contributed by atoms with Gasteiger partial charge in [-0.2, -0.15) is 4.31 Å². The zero-order valence-electron chi connectivity index (χ0n) is 16.1. The molecule has 8 nitrogen and oxygen atoms in total. The third kappa shape index (κ3) is 3.88. The van der Waals surface area contributed by atoms with Crippen LogP contribution in [0.3, 0.4) is 0 Å². The summed E-state index contributed by atoms with van der Waals surface area (Å²) in [6.45, 7) is 0.868. The molecule has 1 aromatic carbocycles. The van der Waals surface area contributed by atoms with E-state index in [1.807, 2.05) is 18.2 Å². The summed E-state index contributed by atoms with van der Waals surface area (Å²) in [5, 5.41) is 4.01. The minimum Gasteiger partial charge on any atom is -0.387 e. The van der Waals surface area contributed by atoms with Crippen LogP contribution in [0.2, 0.25) is 0 Å². The first-order valence-corrected chi connectivity index (χ1v) is 10.8. The molecular weight excluding hydrogens is 392 g/mol. The van der Waals surface area contributed by atoms with Gasteiger partial charge in [-0.1, -0.05) is 29.4 Å². The van der Waals surface area contributed by atoms with Gasteiger partial charge in [0.05, 0.1) is 23.7 Å². The van der Waals surface area contributed by atoms with E-state index in [9.17, 15) is 13.2 Å². The van der Waals surface area contributed by atoms with Crippen LogP contribution in [-0.4, -0.2) is 60.0 Å². The highest BCUT2D eigenvalue weighted by molar-refractivity contribution is 7.89. The Balaban J connectivity index is 1.41. The van der Waals surface area contributed by atoms with Crippen molar-refractivity contribution in [3.8, 4) is 0 Å². The Morgan fingerprint density at radius 1 is 1.21 bits per heavy atom. The van der Waals surface area contributed by atoms with Crippen LogP contribution >= 0.6 is 0 Å². The van der Waals surface area contributed by atoms with Crippen LogP contribution in [0.25, 0.3) is 0 Å². The molecule has 0 radical (unpaired) electrons. The number of carbonyl (C=O) groups excluding carboxylic acids is 1. The Hall–Kier alpha value is -2.78. The number of nitrogens with zero attached hydrogens (tertiary/aromatic N) is 4. The molecule has 0 aliphatic carbocycles. The van der Waals surface area contributed by atoms with Crippen LogP contribution in [-0.2, 0) is 26.2 Å². The average molecular weight is 414 g/mol. The summed E-state index contributed by atoms with van der Waals surface area (Å²) >= 11 is 0. The molecule has 2 aliphatic heterocycles. The van der Waals surface area contributed by atoms with E-state index in [4.69, 9.17) is 4.84 Å². The molecule has 2 aliphatic rings. The van der Waals surface area contributed by atoms with E-state index >= 15 is 0 Å². The summed E-state index contributed by atoms with van der Waals surface area (Å²) in [6, 6.07) is 13.9. The van der Waals surface area contributed by atoms with Crippen LogP contribution in [0.1, 0.15) is 18.5 Å². The number of rotatable bonds is 5. The quantitative estimate of drug-likeness (QED) is 0.742. The molecule has 1 spiro atoms. The zero-order chi connectivity index (χ0) is 20.5. The lowest BCUT2D eigenvalue weighted by atomic mass is 9.96. The van der Waals surface area contributed by atoms with Crippen LogP contribution in [0.15, 0.2) is 64.8 Å². The lowest BCUT2D eigenvalue weighted by Gasteiger charge is -2.22. The van der Waals surface area contributed by atoms with Crippen LogP contribution < -0.4 is 0 Å². The van der Waals surface area contributed by atoms with Gasteiger partial charge in [-0.15, -0.1) is 0 Å². The minimum atomic E-state index is -3.60. The van der Waals surface area contributed by atoms with Gasteiger partial charge in [-0.05, 0) is 24.3 Å². The fourth-order valence-corrected chi connectivity index (χ4v) is 5.17.